The van der Waals surface area contributed by atoms with Gasteiger partial charge in [0.25, 0.3) is 0 Å². The zero-order chi connectivity index (χ0) is 44.6. The first kappa shape index (κ1) is 44.0. The minimum atomic E-state index is -5.22. The van der Waals surface area contributed by atoms with Gasteiger partial charge in [-0.05, 0) is 92.0 Å². The van der Waals surface area contributed by atoms with Gasteiger partial charge in [-0.1, -0.05) is 6.07 Å². The summed E-state index contributed by atoms with van der Waals surface area (Å²) in [6.07, 6.45) is -5.94. The Bertz CT molecular complexity index is 2440. The second-order valence-electron chi connectivity index (χ2n) is 17.9. The summed E-state index contributed by atoms with van der Waals surface area (Å²) >= 11 is 0.582. The summed E-state index contributed by atoms with van der Waals surface area (Å²) in [7, 11) is 1.57. The number of aromatic nitrogens is 2. The molecule has 12 nitrogen and oxygen atoms in total. The molecule has 19 heteroatoms. The van der Waals surface area contributed by atoms with Crippen LogP contribution < -0.4 is 15.0 Å². The molecule has 4 aromatic rings. The van der Waals surface area contributed by atoms with Crippen LogP contribution in [0.15, 0.2) is 18.2 Å². The third-order valence-corrected chi connectivity index (χ3v) is 12.5. The van der Waals surface area contributed by atoms with Crippen molar-refractivity contribution in [1.82, 2.24) is 19.8 Å². The first-order valence-electron chi connectivity index (χ1n) is 19.9. The lowest BCUT2D eigenvalue weighted by Gasteiger charge is -2.33. The van der Waals surface area contributed by atoms with E-state index in [0.717, 1.165) is 18.6 Å². The first-order chi connectivity index (χ1) is 28.4. The second kappa shape index (κ2) is 15.7. The molecule has 0 unspecified atom stereocenters. The van der Waals surface area contributed by atoms with Crippen LogP contribution in [0, 0.1) is 23.0 Å². The molecule has 2 aromatic heterocycles. The van der Waals surface area contributed by atoms with Crippen LogP contribution in [-0.2, 0) is 15.7 Å². The van der Waals surface area contributed by atoms with Gasteiger partial charge in [-0.3, -0.25) is 10.2 Å². The van der Waals surface area contributed by atoms with E-state index in [1.54, 1.807) is 60.4 Å². The lowest BCUT2D eigenvalue weighted by molar-refractivity contribution is -0.137. The Labute approximate surface area is 352 Å². The number of likely N-dealkylation sites (N-methyl/N-ethyl adjacent to an activating group) is 1. The van der Waals surface area contributed by atoms with Crippen LogP contribution in [0.2, 0.25) is 0 Å². The summed E-state index contributed by atoms with van der Waals surface area (Å²) in [4.78, 5) is 39.9. The highest BCUT2D eigenvalue weighted by Crippen LogP contribution is 2.49. The lowest BCUT2D eigenvalue weighted by Crippen LogP contribution is -2.46. The molecule has 61 heavy (non-hydrogen) atoms. The Hall–Kier alpha value is -5.09. The molecule has 4 atom stereocenters. The highest BCUT2D eigenvalue weighted by atomic mass is 32.1. The number of nitrogens with zero attached hydrogens (tertiary/aromatic N) is 6. The standard InChI is InChI=1S/C42H47F6N7O5S/c1-21-28(12-15-55(21)38(57)60-40(5,6)7)53(8)34-24-16-26(42(46,47)48)30(31(45)32(24)50-36(51-34)58-20-41-13-9-14-54(41)19-22(43)17-41)23-10-11-27(44)33-29(23)25(18-49)35(61-33)52-37(56)59-39(2,3)4/h10-11,16,21-22,28H,9,12-15,17,19-20H2,1-8H3,(H,52,56)/t21-,22+,28+,41-/m0/s1. The molecule has 0 radical (unpaired) electrons. The molecule has 2 amide bonds. The molecule has 3 fully saturated rings. The maximum Gasteiger partial charge on any atom is 0.417 e. The minimum absolute atomic E-state index is 0.0735. The van der Waals surface area contributed by atoms with Gasteiger partial charge in [-0.2, -0.15) is 28.4 Å². The van der Waals surface area contributed by atoms with Crippen LogP contribution in [0.3, 0.4) is 0 Å². The maximum absolute atomic E-state index is 17.6. The van der Waals surface area contributed by atoms with Gasteiger partial charge >= 0.3 is 24.4 Å². The van der Waals surface area contributed by atoms with Crippen molar-refractivity contribution < 1.29 is 50.1 Å². The van der Waals surface area contributed by atoms with Gasteiger partial charge in [0.05, 0.1) is 33.4 Å². The number of nitrogens with one attached hydrogen (secondary N) is 1. The molecule has 5 heterocycles. The van der Waals surface area contributed by atoms with Gasteiger partial charge in [0, 0.05) is 42.9 Å². The Morgan fingerprint density at radius 2 is 1.79 bits per heavy atom. The number of nitriles is 1. The zero-order valence-electron chi connectivity index (χ0n) is 35.0. The minimum Gasteiger partial charge on any atom is -0.461 e. The van der Waals surface area contributed by atoms with E-state index in [1.165, 1.54) is 4.90 Å². The van der Waals surface area contributed by atoms with Crippen molar-refractivity contribution in [1.29, 1.82) is 5.26 Å². The molecule has 0 aliphatic carbocycles. The molecule has 328 valence electrons. The van der Waals surface area contributed by atoms with Crippen molar-refractivity contribution in [2.24, 2.45) is 0 Å². The molecular formula is C42H47F6N7O5S. The summed E-state index contributed by atoms with van der Waals surface area (Å²) in [5.74, 6) is -2.52. The van der Waals surface area contributed by atoms with Crippen LogP contribution >= 0.6 is 11.3 Å². The van der Waals surface area contributed by atoms with Crippen LogP contribution in [0.5, 0.6) is 6.01 Å². The summed E-state index contributed by atoms with van der Waals surface area (Å²) in [5, 5.41) is 11.8. The number of carbonyl (C=O) groups is 2. The average molecular weight is 876 g/mol. The van der Waals surface area contributed by atoms with Gasteiger partial charge in [0.2, 0.25) is 0 Å². The van der Waals surface area contributed by atoms with E-state index < -0.39 is 92.8 Å². The highest BCUT2D eigenvalue weighted by Gasteiger charge is 2.50. The van der Waals surface area contributed by atoms with Crippen molar-refractivity contribution in [3.05, 3.63) is 41.0 Å². The number of amides is 2. The van der Waals surface area contributed by atoms with E-state index in [9.17, 15) is 19.2 Å². The normalized spacial score (nSPS) is 22.1. The third kappa shape index (κ3) is 8.45. The number of fused-ring (bicyclic) bond motifs is 3. The number of ether oxygens (including phenoxy) is 3. The molecule has 3 aliphatic heterocycles. The summed E-state index contributed by atoms with van der Waals surface area (Å²) in [6, 6.07) is 2.90. The summed E-state index contributed by atoms with van der Waals surface area (Å²) in [5.41, 5.74) is -6.40. The number of thiophene rings is 1. The van der Waals surface area contributed by atoms with E-state index in [0.29, 0.717) is 36.8 Å². The molecule has 3 saturated heterocycles. The van der Waals surface area contributed by atoms with Gasteiger partial charge in [-0.25, -0.2) is 22.8 Å². The molecule has 0 bridgehead atoms. The van der Waals surface area contributed by atoms with Gasteiger partial charge in [0.15, 0.2) is 5.82 Å². The van der Waals surface area contributed by atoms with Crippen LogP contribution in [0.25, 0.3) is 32.1 Å². The Morgan fingerprint density at radius 1 is 1.08 bits per heavy atom. The number of hydrogen-bond acceptors (Lipinski definition) is 11. The van der Waals surface area contributed by atoms with E-state index in [2.05, 4.69) is 15.3 Å². The number of anilines is 2. The van der Waals surface area contributed by atoms with Gasteiger partial charge in [0.1, 0.15) is 52.2 Å². The Balaban J connectivity index is 1.41. The molecule has 2 aromatic carbocycles. The second-order valence-corrected chi connectivity index (χ2v) is 18.9. The molecule has 0 saturated carbocycles. The molecule has 0 spiro atoms. The Kier molecular flexibility index (Phi) is 11.3. The average Bonchev–Trinajstić information content (AvgIpc) is 3.89. The van der Waals surface area contributed by atoms with Crippen LogP contribution in [0.4, 0.5) is 46.8 Å². The summed E-state index contributed by atoms with van der Waals surface area (Å²) < 4.78 is 111. The summed E-state index contributed by atoms with van der Waals surface area (Å²) in [6.45, 7) is 12.8. The highest BCUT2D eigenvalue weighted by molar-refractivity contribution is 7.23. The predicted molar refractivity (Wildman–Crippen MR) is 218 cm³/mol. The number of likely N-dealkylation sites (tertiary alicyclic amines) is 1. The largest absolute Gasteiger partial charge is 0.461 e. The van der Waals surface area contributed by atoms with Crippen molar-refractivity contribution in [2.75, 3.05) is 43.5 Å². The zero-order valence-corrected chi connectivity index (χ0v) is 35.8. The van der Waals surface area contributed by atoms with Crippen molar-refractivity contribution in [2.45, 2.75) is 115 Å². The quantitative estimate of drug-likeness (QED) is 0.179. The molecule has 1 N–H and O–H groups in total. The SMILES string of the molecule is C[C@H]1[C@H](N(C)c2nc(OC[C@@]34CCCN3C[C@H](F)C4)nc3c(F)c(-c4ccc(F)c5sc(NC(=O)OC(C)(C)C)c(C#N)c45)c(C(F)(F)F)cc23)CCN1C(=O)OC(C)(C)C. The number of rotatable bonds is 7. The number of halogens is 6. The smallest absolute Gasteiger partial charge is 0.417 e. The number of hydrogen-bond donors (Lipinski definition) is 1. The molecule has 3 aliphatic rings. The first-order valence-corrected chi connectivity index (χ1v) is 20.7. The van der Waals surface area contributed by atoms with Crippen LogP contribution in [-0.4, -0.2) is 100 Å². The monoisotopic (exact) mass is 875 g/mol. The van der Waals surface area contributed by atoms with E-state index >= 15 is 22.0 Å². The van der Waals surface area contributed by atoms with Gasteiger partial charge < -0.3 is 24.0 Å². The third-order valence-electron chi connectivity index (χ3n) is 11.4. The molecule has 7 rings (SSSR count). The Morgan fingerprint density at radius 3 is 2.44 bits per heavy atom. The van der Waals surface area contributed by atoms with E-state index in [1.807, 2.05) is 11.0 Å². The maximum atomic E-state index is 17.6. The van der Waals surface area contributed by atoms with Crippen molar-refractivity contribution in [3.8, 4) is 23.2 Å². The van der Waals surface area contributed by atoms with Gasteiger partial charge in [-0.15, -0.1) is 11.3 Å². The fourth-order valence-electron chi connectivity index (χ4n) is 8.81. The van der Waals surface area contributed by atoms with E-state index in [4.69, 9.17) is 14.2 Å². The number of carbonyl (C=O) groups excluding carboxylic acids is 2. The predicted octanol–water partition coefficient (Wildman–Crippen LogP) is 9.82. The fraction of sp³-hybridized carbons (Fsp3) is 0.548. The molecular weight excluding hydrogens is 829 g/mol. The number of alkyl halides is 4. The van der Waals surface area contributed by atoms with Crippen molar-refractivity contribution >= 4 is 55.3 Å². The lowest BCUT2D eigenvalue weighted by atomic mass is 9.92. The van der Waals surface area contributed by atoms with Crippen molar-refractivity contribution in [3.63, 3.8) is 0 Å². The fourth-order valence-corrected chi connectivity index (χ4v) is 9.87. The topological polar surface area (TPSA) is 133 Å². The van der Waals surface area contributed by atoms with E-state index in [-0.39, 0.29) is 58.4 Å². The number of benzene rings is 2. The van der Waals surface area contributed by atoms with Crippen LogP contribution in [0.1, 0.15) is 85.3 Å².